The molecule has 24 heavy (non-hydrogen) atoms. The average Bonchev–Trinajstić information content (AvgIpc) is 3.31. The molecule has 2 amide bonds. The SMILES string of the molecule is O=C(ON1C(=O)c2ccccc2C1=O)c1cn[nH]c1C1CCOC1. The molecule has 1 aromatic heterocycles. The second-order valence-electron chi connectivity index (χ2n) is 5.59. The molecular formula is C16H13N3O5. The zero-order valence-electron chi connectivity index (χ0n) is 12.5. The number of ether oxygens (including phenoxy) is 1. The largest absolute Gasteiger partial charge is 0.381 e. The van der Waals surface area contributed by atoms with Crippen LogP contribution in [0.4, 0.5) is 0 Å². The van der Waals surface area contributed by atoms with Crippen molar-refractivity contribution >= 4 is 17.8 Å². The molecule has 3 heterocycles. The molecule has 0 aliphatic carbocycles. The molecule has 1 atom stereocenters. The molecule has 1 saturated heterocycles. The van der Waals surface area contributed by atoms with Crippen LogP contribution < -0.4 is 0 Å². The van der Waals surface area contributed by atoms with Gasteiger partial charge in [0.2, 0.25) is 0 Å². The summed E-state index contributed by atoms with van der Waals surface area (Å²) < 4.78 is 5.31. The third-order valence-corrected chi connectivity index (χ3v) is 4.16. The van der Waals surface area contributed by atoms with Crippen LogP contribution in [-0.4, -0.2) is 46.3 Å². The number of H-pyrrole nitrogens is 1. The number of hydroxylamine groups is 2. The maximum atomic E-state index is 12.4. The van der Waals surface area contributed by atoms with Crippen molar-refractivity contribution in [2.24, 2.45) is 0 Å². The van der Waals surface area contributed by atoms with E-state index in [1.54, 1.807) is 12.1 Å². The molecule has 0 bridgehead atoms. The van der Waals surface area contributed by atoms with Crippen LogP contribution in [0.15, 0.2) is 30.5 Å². The Morgan fingerprint density at radius 3 is 2.58 bits per heavy atom. The highest BCUT2D eigenvalue weighted by Gasteiger charge is 2.39. The van der Waals surface area contributed by atoms with Gasteiger partial charge in [-0.2, -0.15) is 5.10 Å². The van der Waals surface area contributed by atoms with Crippen LogP contribution in [0.1, 0.15) is 49.1 Å². The Balaban J connectivity index is 1.57. The highest BCUT2D eigenvalue weighted by molar-refractivity contribution is 6.21. The van der Waals surface area contributed by atoms with Crippen LogP contribution in [0.5, 0.6) is 0 Å². The predicted octanol–water partition coefficient (Wildman–Crippen LogP) is 1.28. The van der Waals surface area contributed by atoms with Gasteiger partial charge in [0.05, 0.1) is 29.6 Å². The third kappa shape index (κ3) is 2.19. The Morgan fingerprint density at radius 1 is 1.25 bits per heavy atom. The monoisotopic (exact) mass is 327 g/mol. The Hall–Kier alpha value is -3.00. The van der Waals surface area contributed by atoms with E-state index in [1.807, 2.05) is 0 Å². The lowest BCUT2D eigenvalue weighted by atomic mass is 10.0. The van der Waals surface area contributed by atoms with Crippen molar-refractivity contribution < 1.29 is 24.0 Å². The van der Waals surface area contributed by atoms with Crippen molar-refractivity contribution in [1.82, 2.24) is 15.3 Å². The topological polar surface area (TPSA) is 102 Å². The van der Waals surface area contributed by atoms with Gasteiger partial charge in [0.15, 0.2) is 0 Å². The van der Waals surface area contributed by atoms with E-state index < -0.39 is 17.8 Å². The summed E-state index contributed by atoms with van der Waals surface area (Å²) in [7, 11) is 0. The Bertz CT molecular complexity index is 803. The Kier molecular flexibility index (Phi) is 3.39. The van der Waals surface area contributed by atoms with Gasteiger partial charge in [-0.3, -0.25) is 14.7 Å². The van der Waals surface area contributed by atoms with Crippen LogP contribution in [0.25, 0.3) is 0 Å². The molecule has 1 unspecified atom stereocenters. The molecule has 0 saturated carbocycles. The number of aromatic amines is 1. The highest BCUT2D eigenvalue weighted by Crippen LogP contribution is 2.28. The first-order valence-corrected chi connectivity index (χ1v) is 7.48. The maximum Gasteiger partial charge on any atom is 0.367 e. The third-order valence-electron chi connectivity index (χ3n) is 4.16. The number of nitrogens with one attached hydrogen (secondary N) is 1. The minimum absolute atomic E-state index is 0.0113. The molecule has 0 spiro atoms. The minimum Gasteiger partial charge on any atom is -0.381 e. The number of rotatable bonds is 3. The van der Waals surface area contributed by atoms with Gasteiger partial charge in [0.25, 0.3) is 11.8 Å². The minimum atomic E-state index is -0.805. The fourth-order valence-electron chi connectivity index (χ4n) is 2.91. The number of hydrogen-bond donors (Lipinski definition) is 1. The summed E-state index contributed by atoms with van der Waals surface area (Å²) in [5.41, 5.74) is 1.22. The summed E-state index contributed by atoms with van der Waals surface area (Å²) in [5, 5.41) is 7.14. The Morgan fingerprint density at radius 2 is 1.96 bits per heavy atom. The first-order chi connectivity index (χ1) is 11.7. The Labute approximate surface area is 136 Å². The molecule has 1 fully saturated rings. The van der Waals surface area contributed by atoms with Crippen LogP contribution in [0.3, 0.4) is 0 Å². The lowest BCUT2D eigenvalue weighted by molar-refractivity contribution is -0.0585. The van der Waals surface area contributed by atoms with Gasteiger partial charge in [-0.15, -0.1) is 0 Å². The molecular weight excluding hydrogens is 314 g/mol. The van der Waals surface area contributed by atoms with Crippen LogP contribution >= 0.6 is 0 Å². The quantitative estimate of drug-likeness (QED) is 0.852. The van der Waals surface area contributed by atoms with Gasteiger partial charge in [-0.1, -0.05) is 17.2 Å². The first kappa shape index (κ1) is 14.6. The number of amides is 2. The fourth-order valence-corrected chi connectivity index (χ4v) is 2.91. The molecule has 4 rings (SSSR count). The zero-order valence-corrected chi connectivity index (χ0v) is 12.5. The zero-order chi connectivity index (χ0) is 16.7. The van der Waals surface area contributed by atoms with Crippen molar-refractivity contribution in [2.75, 3.05) is 13.2 Å². The molecule has 8 nitrogen and oxygen atoms in total. The van der Waals surface area contributed by atoms with E-state index in [2.05, 4.69) is 10.2 Å². The summed E-state index contributed by atoms with van der Waals surface area (Å²) in [5.74, 6) is -2.10. The van der Waals surface area contributed by atoms with Gasteiger partial charge in [-0.25, -0.2) is 4.79 Å². The van der Waals surface area contributed by atoms with E-state index >= 15 is 0 Å². The molecule has 1 aromatic carbocycles. The highest BCUT2D eigenvalue weighted by atomic mass is 16.7. The van der Waals surface area contributed by atoms with Gasteiger partial charge in [0.1, 0.15) is 5.56 Å². The molecule has 2 aliphatic heterocycles. The summed E-state index contributed by atoms with van der Waals surface area (Å²) in [6.45, 7) is 1.09. The van der Waals surface area contributed by atoms with Gasteiger partial charge in [0, 0.05) is 12.5 Å². The molecule has 122 valence electrons. The first-order valence-electron chi connectivity index (χ1n) is 7.48. The van der Waals surface area contributed by atoms with Crippen LogP contribution in [0.2, 0.25) is 0 Å². The maximum absolute atomic E-state index is 12.4. The second-order valence-corrected chi connectivity index (χ2v) is 5.59. The number of imide groups is 1. The molecule has 0 radical (unpaired) electrons. The van der Waals surface area contributed by atoms with Crippen molar-refractivity contribution in [3.8, 4) is 0 Å². The normalized spacial score (nSPS) is 19.7. The fraction of sp³-hybridized carbons (Fsp3) is 0.250. The van der Waals surface area contributed by atoms with Crippen molar-refractivity contribution in [3.05, 3.63) is 52.8 Å². The van der Waals surface area contributed by atoms with Crippen LogP contribution in [-0.2, 0) is 9.57 Å². The lowest BCUT2D eigenvalue weighted by Crippen LogP contribution is -2.33. The molecule has 8 heteroatoms. The summed E-state index contributed by atoms with van der Waals surface area (Å²) in [4.78, 5) is 41.9. The van der Waals surface area contributed by atoms with E-state index in [-0.39, 0.29) is 22.6 Å². The second kappa shape index (κ2) is 5.57. The van der Waals surface area contributed by atoms with E-state index in [4.69, 9.17) is 9.57 Å². The van der Waals surface area contributed by atoms with E-state index in [0.29, 0.717) is 24.0 Å². The number of fused-ring (bicyclic) bond motifs is 1. The average molecular weight is 327 g/mol. The summed E-state index contributed by atoms with van der Waals surface area (Å²) >= 11 is 0. The number of benzene rings is 1. The molecule has 2 aliphatic rings. The lowest BCUT2D eigenvalue weighted by Gasteiger charge is -2.13. The van der Waals surface area contributed by atoms with Gasteiger partial charge in [-0.05, 0) is 18.6 Å². The number of hydrogen-bond acceptors (Lipinski definition) is 6. The van der Waals surface area contributed by atoms with Crippen molar-refractivity contribution in [1.29, 1.82) is 0 Å². The van der Waals surface area contributed by atoms with Crippen LogP contribution in [0, 0.1) is 0 Å². The van der Waals surface area contributed by atoms with Crippen molar-refractivity contribution in [3.63, 3.8) is 0 Å². The number of carbonyl (C=O) groups excluding carboxylic acids is 3. The van der Waals surface area contributed by atoms with E-state index in [9.17, 15) is 14.4 Å². The number of aromatic nitrogens is 2. The van der Waals surface area contributed by atoms with E-state index in [0.717, 1.165) is 6.42 Å². The standard InChI is InChI=1S/C16H13N3O5/c20-14-10-3-1-2-4-11(10)15(21)19(14)24-16(22)12-7-17-18-13(12)9-5-6-23-8-9/h1-4,7,9H,5-6,8H2,(H,17,18). The van der Waals surface area contributed by atoms with E-state index in [1.165, 1.54) is 18.3 Å². The van der Waals surface area contributed by atoms with Gasteiger partial charge < -0.3 is 9.57 Å². The van der Waals surface area contributed by atoms with Crippen molar-refractivity contribution in [2.45, 2.75) is 12.3 Å². The summed E-state index contributed by atoms with van der Waals surface area (Å²) in [6.07, 6.45) is 2.09. The summed E-state index contributed by atoms with van der Waals surface area (Å²) in [6, 6.07) is 6.32. The van der Waals surface area contributed by atoms with Gasteiger partial charge >= 0.3 is 5.97 Å². The molecule has 2 aromatic rings. The molecule has 1 N–H and O–H groups in total. The number of nitrogens with zero attached hydrogens (tertiary/aromatic N) is 2. The number of carbonyl (C=O) groups is 3. The predicted molar refractivity (Wildman–Crippen MR) is 79.1 cm³/mol. The smallest absolute Gasteiger partial charge is 0.367 e.